The lowest BCUT2D eigenvalue weighted by Crippen LogP contribution is -2.49. The summed E-state index contributed by atoms with van der Waals surface area (Å²) in [6.45, 7) is 1.68. The van der Waals surface area contributed by atoms with Crippen molar-refractivity contribution in [3.63, 3.8) is 0 Å². The van der Waals surface area contributed by atoms with Gasteiger partial charge >= 0.3 is 6.18 Å². The van der Waals surface area contributed by atoms with Gasteiger partial charge in [-0.2, -0.15) is 13.2 Å². The maximum atomic E-state index is 13.1. The molecule has 5 rings (SSSR count). The van der Waals surface area contributed by atoms with Gasteiger partial charge in [-0.05, 0) is 29.8 Å². The molecule has 0 unspecified atom stereocenters. The molecule has 0 aliphatic carbocycles. The standard InChI is InChI=1S/C24H22F3N5O3/c1-31(6-7-33)21(34)15-2-3-18-20(8-15)32(12-23(18)13-35-14-23)22-29-10-16(11-30-22)19-9-17(4-5-28-19)24(25,26)27/h2-5,8-11,33H,6-7,12-14H2,1H3. The highest BCUT2D eigenvalue weighted by Gasteiger charge is 2.49. The molecule has 2 aromatic heterocycles. The lowest BCUT2D eigenvalue weighted by Gasteiger charge is -2.38. The predicted molar refractivity (Wildman–Crippen MR) is 120 cm³/mol. The van der Waals surface area contributed by atoms with E-state index in [9.17, 15) is 18.0 Å². The van der Waals surface area contributed by atoms with Crippen LogP contribution in [0.25, 0.3) is 11.3 Å². The molecule has 1 fully saturated rings. The Morgan fingerprint density at radius 3 is 2.54 bits per heavy atom. The van der Waals surface area contributed by atoms with Crippen molar-refractivity contribution in [2.75, 3.05) is 44.9 Å². The maximum Gasteiger partial charge on any atom is 0.416 e. The molecule has 0 saturated carbocycles. The number of aliphatic hydroxyl groups is 1. The van der Waals surface area contributed by atoms with E-state index >= 15 is 0 Å². The van der Waals surface area contributed by atoms with E-state index in [4.69, 9.17) is 9.84 Å². The molecule has 1 aromatic carbocycles. The second kappa shape index (κ2) is 8.58. The van der Waals surface area contributed by atoms with Crippen molar-refractivity contribution >= 4 is 17.5 Å². The second-order valence-corrected chi connectivity index (χ2v) is 8.74. The number of hydrogen-bond acceptors (Lipinski definition) is 7. The Hall–Kier alpha value is -3.57. The van der Waals surface area contributed by atoms with E-state index in [0.717, 1.165) is 29.6 Å². The number of amides is 1. The normalized spacial score (nSPS) is 16.2. The molecule has 182 valence electrons. The second-order valence-electron chi connectivity index (χ2n) is 8.74. The van der Waals surface area contributed by atoms with Crippen LogP contribution in [0.2, 0.25) is 0 Å². The first kappa shape index (κ1) is 23.2. The zero-order valence-electron chi connectivity index (χ0n) is 18.8. The number of ether oxygens (including phenoxy) is 1. The third-order valence-corrected chi connectivity index (χ3v) is 6.37. The van der Waals surface area contributed by atoms with E-state index in [1.165, 1.54) is 17.3 Å². The number of benzene rings is 1. The minimum atomic E-state index is -4.47. The molecule has 1 N–H and O–H groups in total. The van der Waals surface area contributed by atoms with Crippen molar-refractivity contribution < 1.29 is 27.8 Å². The molecule has 0 atom stereocenters. The number of rotatable bonds is 5. The fraction of sp³-hybridized carbons (Fsp3) is 0.333. The van der Waals surface area contributed by atoms with Gasteiger partial charge in [0.05, 0.1) is 36.5 Å². The summed E-state index contributed by atoms with van der Waals surface area (Å²) in [4.78, 5) is 29.0. The molecular formula is C24H22F3N5O3. The van der Waals surface area contributed by atoms with Crippen molar-refractivity contribution in [3.05, 3.63) is 65.6 Å². The Kier molecular flexibility index (Phi) is 5.68. The summed E-state index contributed by atoms with van der Waals surface area (Å²) in [7, 11) is 1.62. The van der Waals surface area contributed by atoms with Crippen LogP contribution >= 0.6 is 0 Å². The first-order valence-corrected chi connectivity index (χ1v) is 10.9. The number of carbonyl (C=O) groups is 1. The number of alkyl halides is 3. The monoisotopic (exact) mass is 485 g/mol. The molecule has 1 saturated heterocycles. The Labute approximate surface area is 199 Å². The average molecular weight is 485 g/mol. The number of aromatic nitrogens is 3. The third kappa shape index (κ3) is 4.10. The van der Waals surface area contributed by atoms with Crippen LogP contribution in [0.4, 0.5) is 24.8 Å². The fourth-order valence-electron chi connectivity index (χ4n) is 4.41. The van der Waals surface area contributed by atoms with E-state index in [0.29, 0.717) is 36.8 Å². The van der Waals surface area contributed by atoms with Gasteiger partial charge in [0.25, 0.3) is 5.91 Å². The minimum Gasteiger partial charge on any atom is -0.395 e. The van der Waals surface area contributed by atoms with Crippen LogP contribution < -0.4 is 4.90 Å². The van der Waals surface area contributed by atoms with Gasteiger partial charge in [0.15, 0.2) is 0 Å². The summed E-state index contributed by atoms with van der Waals surface area (Å²) in [5, 5.41) is 9.15. The quantitative estimate of drug-likeness (QED) is 0.594. The highest BCUT2D eigenvalue weighted by Crippen LogP contribution is 2.48. The van der Waals surface area contributed by atoms with Crippen molar-refractivity contribution in [2.24, 2.45) is 0 Å². The molecule has 2 aliphatic rings. The molecule has 2 aliphatic heterocycles. The molecule has 4 heterocycles. The smallest absolute Gasteiger partial charge is 0.395 e. The number of halogens is 3. The van der Waals surface area contributed by atoms with Gasteiger partial charge in [0.2, 0.25) is 5.95 Å². The molecule has 1 amide bonds. The number of fused-ring (bicyclic) bond motifs is 2. The maximum absolute atomic E-state index is 13.1. The summed E-state index contributed by atoms with van der Waals surface area (Å²) in [6.07, 6.45) is -0.486. The number of anilines is 2. The van der Waals surface area contributed by atoms with Crippen LogP contribution in [0.5, 0.6) is 0 Å². The van der Waals surface area contributed by atoms with Gasteiger partial charge < -0.3 is 19.6 Å². The third-order valence-electron chi connectivity index (χ3n) is 6.37. The molecule has 0 bridgehead atoms. The Morgan fingerprint density at radius 2 is 1.91 bits per heavy atom. The summed E-state index contributed by atoms with van der Waals surface area (Å²) in [5.41, 5.74) is 1.71. The number of likely N-dealkylation sites (N-methyl/N-ethyl adjacent to an activating group) is 1. The number of pyridine rings is 1. The van der Waals surface area contributed by atoms with Crippen LogP contribution in [0.1, 0.15) is 21.5 Å². The highest BCUT2D eigenvalue weighted by molar-refractivity contribution is 5.96. The summed E-state index contributed by atoms with van der Waals surface area (Å²) in [5.74, 6) is 0.138. The predicted octanol–water partition coefficient (Wildman–Crippen LogP) is 3.04. The first-order chi connectivity index (χ1) is 16.7. The lowest BCUT2D eigenvalue weighted by atomic mass is 9.80. The van der Waals surface area contributed by atoms with Crippen LogP contribution in [0, 0.1) is 0 Å². The minimum absolute atomic E-state index is 0.122. The van der Waals surface area contributed by atoms with Gasteiger partial charge in [-0.1, -0.05) is 6.07 Å². The number of hydrogen-bond donors (Lipinski definition) is 1. The lowest BCUT2D eigenvalue weighted by molar-refractivity contribution is -0.137. The Balaban J connectivity index is 1.47. The summed E-state index contributed by atoms with van der Waals surface area (Å²) >= 11 is 0. The number of aliphatic hydroxyl groups excluding tert-OH is 1. The van der Waals surface area contributed by atoms with Crippen molar-refractivity contribution in [3.8, 4) is 11.3 Å². The van der Waals surface area contributed by atoms with E-state index in [1.807, 2.05) is 11.0 Å². The van der Waals surface area contributed by atoms with Crippen LogP contribution in [-0.4, -0.2) is 70.8 Å². The molecular weight excluding hydrogens is 463 g/mol. The van der Waals surface area contributed by atoms with Gasteiger partial charge in [-0.15, -0.1) is 0 Å². The van der Waals surface area contributed by atoms with Gasteiger partial charge in [-0.3, -0.25) is 9.78 Å². The topological polar surface area (TPSA) is 91.7 Å². The van der Waals surface area contributed by atoms with E-state index in [2.05, 4.69) is 15.0 Å². The SMILES string of the molecule is CN(CCO)C(=O)c1ccc2c(c1)N(c1ncc(-c3cc(C(F)(F)F)ccn3)cn1)CC21COC1. The first-order valence-electron chi connectivity index (χ1n) is 10.9. The summed E-state index contributed by atoms with van der Waals surface area (Å²) in [6, 6.07) is 7.34. The van der Waals surface area contributed by atoms with Crippen LogP contribution in [0.15, 0.2) is 48.9 Å². The van der Waals surface area contributed by atoms with E-state index in [1.54, 1.807) is 19.2 Å². The van der Waals surface area contributed by atoms with Crippen LogP contribution in [0.3, 0.4) is 0 Å². The van der Waals surface area contributed by atoms with Gasteiger partial charge in [-0.25, -0.2) is 9.97 Å². The Bertz CT molecular complexity index is 1260. The largest absolute Gasteiger partial charge is 0.416 e. The van der Waals surface area contributed by atoms with Gasteiger partial charge in [0, 0.05) is 55.5 Å². The van der Waals surface area contributed by atoms with Crippen LogP contribution in [-0.2, 0) is 16.3 Å². The van der Waals surface area contributed by atoms with Gasteiger partial charge in [0.1, 0.15) is 0 Å². The molecule has 3 aromatic rings. The van der Waals surface area contributed by atoms with Crippen molar-refractivity contribution in [1.82, 2.24) is 19.9 Å². The highest BCUT2D eigenvalue weighted by atomic mass is 19.4. The van der Waals surface area contributed by atoms with Crippen molar-refractivity contribution in [1.29, 1.82) is 0 Å². The molecule has 35 heavy (non-hydrogen) atoms. The molecule has 8 nitrogen and oxygen atoms in total. The van der Waals surface area contributed by atoms with E-state index < -0.39 is 11.7 Å². The molecule has 1 spiro atoms. The zero-order chi connectivity index (χ0) is 24.8. The molecule has 11 heteroatoms. The molecule has 0 radical (unpaired) electrons. The zero-order valence-corrected chi connectivity index (χ0v) is 18.8. The summed E-state index contributed by atoms with van der Waals surface area (Å²) < 4.78 is 44.7. The van der Waals surface area contributed by atoms with Crippen molar-refractivity contribution in [2.45, 2.75) is 11.6 Å². The average Bonchev–Trinajstić information content (AvgIpc) is 3.19. The fourth-order valence-corrected chi connectivity index (χ4v) is 4.41. The Morgan fingerprint density at radius 1 is 1.17 bits per heavy atom. The number of carbonyl (C=O) groups excluding carboxylic acids is 1. The number of nitrogens with zero attached hydrogens (tertiary/aromatic N) is 5. The van der Waals surface area contributed by atoms with E-state index in [-0.39, 0.29) is 30.2 Å².